The zero-order valence-electron chi connectivity index (χ0n) is 21.3. The van der Waals surface area contributed by atoms with Crippen LogP contribution >= 0.6 is 0 Å². The number of nitrogens with one attached hydrogen (secondary N) is 1. The van der Waals surface area contributed by atoms with Gasteiger partial charge >= 0.3 is 0 Å². The molecule has 2 aliphatic heterocycles. The molecule has 3 unspecified atom stereocenters. The van der Waals surface area contributed by atoms with Crippen molar-refractivity contribution >= 4 is 16.9 Å². The number of aryl methyl sites for hydroxylation is 2. The molecule has 8 heteroatoms. The molecule has 3 aromatic heterocycles. The van der Waals surface area contributed by atoms with Crippen LogP contribution in [-0.4, -0.2) is 60.5 Å². The molecule has 0 aromatic carbocycles. The molecule has 3 fully saturated rings. The fourth-order valence-corrected chi connectivity index (χ4v) is 7.98. The number of hydrogen-bond acceptors (Lipinski definition) is 6. The third kappa shape index (κ3) is 3.67. The second kappa shape index (κ2) is 8.29. The van der Waals surface area contributed by atoms with Crippen LogP contribution in [0.25, 0.3) is 11.0 Å². The number of nitrogens with zero attached hydrogens (tertiary/aromatic N) is 7. The number of fused-ring (bicyclic) bond motifs is 4. The smallest absolute Gasteiger partial charge is 0.161 e. The molecule has 186 valence electrons. The van der Waals surface area contributed by atoms with Gasteiger partial charge in [-0.1, -0.05) is 6.42 Å². The molecule has 3 aromatic rings. The molecule has 35 heavy (non-hydrogen) atoms. The SMILES string of the molecule is Cc1nc(N2CCc3c(c(C)nn3CC34CCCC(C3)C(N3CCCC3)CC4)C2)c2cn[nH]c2n1. The molecule has 5 heterocycles. The van der Waals surface area contributed by atoms with E-state index >= 15 is 0 Å². The van der Waals surface area contributed by atoms with E-state index in [2.05, 4.69) is 36.6 Å². The first-order chi connectivity index (χ1) is 17.1. The normalized spacial score (nSPS) is 29.1. The minimum Gasteiger partial charge on any atom is -0.351 e. The van der Waals surface area contributed by atoms with E-state index in [1.165, 1.54) is 81.4 Å². The van der Waals surface area contributed by atoms with Crippen molar-refractivity contribution in [1.82, 2.24) is 34.8 Å². The molecule has 0 radical (unpaired) electrons. The molecule has 2 bridgehead atoms. The highest BCUT2D eigenvalue weighted by Gasteiger charge is 2.46. The second-order valence-electron chi connectivity index (χ2n) is 11.8. The molecule has 0 spiro atoms. The maximum absolute atomic E-state index is 5.15. The Hall–Kier alpha value is -2.48. The van der Waals surface area contributed by atoms with Crippen LogP contribution < -0.4 is 4.90 Å². The molecule has 3 atom stereocenters. The number of likely N-dealkylation sites (tertiary alicyclic amines) is 1. The van der Waals surface area contributed by atoms with Gasteiger partial charge in [-0.05, 0) is 83.2 Å². The van der Waals surface area contributed by atoms with Gasteiger partial charge in [-0.25, -0.2) is 9.97 Å². The lowest BCUT2D eigenvalue weighted by Crippen LogP contribution is -2.49. The van der Waals surface area contributed by atoms with E-state index in [4.69, 9.17) is 10.1 Å². The lowest BCUT2D eigenvalue weighted by molar-refractivity contribution is -0.00506. The van der Waals surface area contributed by atoms with Crippen molar-refractivity contribution in [2.24, 2.45) is 11.3 Å². The zero-order chi connectivity index (χ0) is 23.6. The number of aromatic nitrogens is 6. The van der Waals surface area contributed by atoms with E-state index in [0.29, 0.717) is 5.41 Å². The van der Waals surface area contributed by atoms with Crippen LogP contribution in [0.1, 0.15) is 74.1 Å². The number of anilines is 1. The second-order valence-corrected chi connectivity index (χ2v) is 11.8. The van der Waals surface area contributed by atoms with Crippen LogP contribution in [0.4, 0.5) is 5.82 Å². The lowest BCUT2D eigenvalue weighted by Gasteiger charge is -2.51. The predicted octanol–water partition coefficient (Wildman–Crippen LogP) is 4.16. The van der Waals surface area contributed by atoms with E-state index < -0.39 is 0 Å². The van der Waals surface area contributed by atoms with Gasteiger partial charge in [0, 0.05) is 43.4 Å². The average molecular weight is 475 g/mol. The number of H-pyrrole nitrogens is 1. The van der Waals surface area contributed by atoms with Gasteiger partial charge in [0.05, 0.1) is 17.3 Å². The molecular weight excluding hydrogens is 436 g/mol. The monoisotopic (exact) mass is 474 g/mol. The van der Waals surface area contributed by atoms with Gasteiger partial charge in [0.2, 0.25) is 0 Å². The largest absolute Gasteiger partial charge is 0.351 e. The van der Waals surface area contributed by atoms with Crippen LogP contribution in [0.15, 0.2) is 6.20 Å². The Labute approximate surface area is 207 Å². The van der Waals surface area contributed by atoms with Crippen molar-refractivity contribution in [3.05, 3.63) is 29.0 Å². The first kappa shape index (κ1) is 21.8. The molecule has 4 aliphatic rings. The molecule has 2 saturated carbocycles. The van der Waals surface area contributed by atoms with Crippen molar-refractivity contribution in [3.63, 3.8) is 0 Å². The van der Waals surface area contributed by atoms with Gasteiger partial charge in [-0.15, -0.1) is 0 Å². The first-order valence-electron chi connectivity index (χ1n) is 13.8. The van der Waals surface area contributed by atoms with Crippen molar-refractivity contribution in [2.75, 3.05) is 24.5 Å². The molecule has 7 rings (SSSR count). The molecular formula is C27H38N8. The maximum atomic E-state index is 5.15. The van der Waals surface area contributed by atoms with Gasteiger partial charge in [0.1, 0.15) is 11.6 Å². The summed E-state index contributed by atoms with van der Waals surface area (Å²) in [6.07, 6.45) is 14.1. The number of aromatic amines is 1. The summed E-state index contributed by atoms with van der Waals surface area (Å²) in [6.45, 7) is 9.78. The fraction of sp³-hybridized carbons (Fsp3) is 0.704. The van der Waals surface area contributed by atoms with Crippen molar-refractivity contribution < 1.29 is 0 Å². The summed E-state index contributed by atoms with van der Waals surface area (Å²) in [6, 6.07) is 0.851. The van der Waals surface area contributed by atoms with Gasteiger partial charge in [-0.2, -0.15) is 10.2 Å². The summed E-state index contributed by atoms with van der Waals surface area (Å²) >= 11 is 0. The van der Waals surface area contributed by atoms with E-state index in [1.54, 1.807) is 0 Å². The molecule has 1 N–H and O–H groups in total. The maximum Gasteiger partial charge on any atom is 0.161 e. The van der Waals surface area contributed by atoms with Crippen LogP contribution in [0.3, 0.4) is 0 Å². The highest BCUT2D eigenvalue weighted by Crippen LogP contribution is 2.51. The van der Waals surface area contributed by atoms with E-state index in [0.717, 1.165) is 60.7 Å². The van der Waals surface area contributed by atoms with Gasteiger partial charge in [0.15, 0.2) is 5.65 Å². The molecule has 8 nitrogen and oxygen atoms in total. The Morgan fingerprint density at radius 2 is 1.94 bits per heavy atom. The molecule has 2 aliphatic carbocycles. The third-order valence-electron chi connectivity index (χ3n) is 9.62. The van der Waals surface area contributed by atoms with Gasteiger partial charge < -0.3 is 9.80 Å². The lowest BCUT2D eigenvalue weighted by atomic mass is 9.60. The Morgan fingerprint density at radius 1 is 1.06 bits per heavy atom. The van der Waals surface area contributed by atoms with E-state index in [1.807, 2.05) is 13.1 Å². The quantitative estimate of drug-likeness (QED) is 0.612. The minimum absolute atomic E-state index is 0.454. The van der Waals surface area contributed by atoms with Crippen LogP contribution in [0.5, 0.6) is 0 Å². The Balaban J connectivity index is 1.13. The van der Waals surface area contributed by atoms with Crippen molar-refractivity contribution in [3.8, 4) is 0 Å². The van der Waals surface area contributed by atoms with Crippen LogP contribution in [0, 0.1) is 25.2 Å². The summed E-state index contributed by atoms with van der Waals surface area (Å²) in [7, 11) is 0. The van der Waals surface area contributed by atoms with Crippen molar-refractivity contribution in [1.29, 1.82) is 0 Å². The summed E-state index contributed by atoms with van der Waals surface area (Å²) in [5, 5.41) is 13.4. The topological polar surface area (TPSA) is 78.8 Å². The van der Waals surface area contributed by atoms with E-state index in [-0.39, 0.29) is 0 Å². The fourth-order valence-electron chi connectivity index (χ4n) is 7.98. The average Bonchev–Trinajstić information content (AvgIpc) is 3.60. The highest BCUT2D eigenvalue weighted by atomic mass is 15.3. The Bertz CT molecular complexity index is 1240. The molecule has 0 amide bonds. The van der Waals surface area contributed by atoms with Crippen molar-refractivity contribution in [2.45, 2.75) is 90.8 Å². The zero-order valence-corrected chi connectivity index (χ0v) is 21.3. The number of rotatable bonds is 4. The standard InChI is InChI=1S/C27H38N8/c1-18-22-16-34(26-21-15-28-31-25(21)29-19(2)30-26)13-8-24(22)35(32-18)17-27-9-5-6-20(14-27)23(7-10-27)33-11-3-4-12-33/h15,20,23H,3-14,16-17H2,1-2H3,(H,28,29,30,31). The number of hydrogen-bond donors (Lipinski definition) is 1. The first-order valence-corrected chi connectivity index (χ1v) is 13.8. The van der Waals surface area contributed by atoms with Crippen LogP contribution in [0.2, 0.25) is 0 Å². The highest BCUT2D eigenvalue weighted by molar-refractivity contribution is 5.86. The molecule has 1 saturated heterocycles. The summed E-state index contributed by atoms with van der Waals surface area (Å²) in [5.41, 5.74) is 5.33. The van der Waals surface area contributed by atoms with Crippen LogP contribution in [-0.2, 0) is 19.5 Å². The summed E-state index contributed by atoms with van der Waals surface area (Å²) in [5.74, 6) is 2.68. The third-order valence-corrected chi connectivity index (χ3v) is 9.62. The Morgan fingerprint density at radius 3 is 2.83 bits per heavy atom. The van der Waals surface area contributed by atoms with Gasteiger partial charge in [-0.3, -0.25) is 9.78 Å². The minimum atomic E-state index is 0.454. The van der Waals surface area contributed by atoms with Gasteiger partial charge in [0.25, 0.3) is 0 Å². The van der Waals surface area contributed by atoms with E-state index in [9.17, 15) is 0 Å². The summed E-state index contributed by atoms with van der Waals surface area (Å²) in [4.78, 5) is 14.5. The predicted molar refractivity (Wildman–Crippen MR) is 136 cm³/mol. The summed E-state index contributed by atoms with van der Waals surface area (Å²) < 4.78 is 2.43. The Kier molecular flexibility index (Phi) is 5.16.